The van der Waals surface area contributed by atoms with Gasteiger partial charge in [-0.15, -0.1) is 0 Å². The fraction of sp³-hybridized carbons (Fsp3) is 0. The fourth-order valence-electron chi connectivity index (χ4n) is 2.36. The SMILES string of the molecule is O=C(N/N=C/c1ccccc1Br)c1cccc(S(=O)(=O)Nc2ccccc2Cl)c1. The molecule has 0 spiro atoms. The van der Waals surface area contributed by atoms with Gasteiger partial charge in [-0.05, 0) is 36.4 Å². The average Bonchev–Trinajstić information content (AvgIpc) is 2.71. The maximum absolute atomic E-state index is 12.6. The second-order valence-electron chi connectivity index (χ2n) is 5.83. The zero-order chi connectivity index (χ0) is 20.9. The summed E-state index contributed by atoms with van der Waals surface area (Å²) in [7, 11) is -3.92. The average molecular weight is 493 g/mol. The first kappa shape index (κ1) is 21.0. The van der Waals surface area contributed by atoms with Gasteiger partial charge in [0, 0.05) is 15.6 Å². The number of para-hydroxylation sites is 1. The van der Waals surface area contributed by atoms with Crippen LogP contribution in [0.15, 0.2) is 87.3 Å². The molecule has 0 aliphatic carbocycles. The third kappa shape index (κ3) is 5.44. The van der Waals surface area contributed by atoms with Gasteiger partial charge in [0.2, 0.25) is 0 Å². The van der Waals surface area contributed by atoms with Crippen LogP contribution < -0.4 is 10.1 Å². The van der Waals surface area contributed by atoms with Gasteiger partial charge >= 0.3 is 0 Å². The van der Waals surface area contributed by atoms with Crippen LogP contribution in [0.4, 0.5) is 5.69 Å². The molecule has 3 rings (SSSR count). The van der Waals surface area contributed by atoms with E-state index >= 15 is 0 Å². The Morgan fingerprint density at radius 3 is 2.48 bits per heavy atom. The number of carbonyl (C=O) groups excluding carboxylic acids is 1. The van der Waals surface area contributed by atoms with Crippen LogP contribution in [-0.2, 0) is 10.0 Å². The maximum atomic E-state index is 12.6. The van der Waals surface area contributed by atoms with Crippen LogP contribution in [0.25, 0.3) is 0 Å². The van der Waals surface area contributed by atoms with Crippen molar-refractivity contribution in [2.45, 2.75) is 4.90 Å². The van der Waals surface area contributed by atoms with E-state index in [1.165, 1.54) is 30.5 Å². The zero-order valence-electron chi connectivity index (χ0n) is 14.8. The number of carbonyl (C=O) groups is 1. The Bertz CT molecular complexity index is 1180. The lowest BCUT2D eigenvalue weighted by Gasteiger charge is -2.10. The number of rotatable bonds is 6. The Labute approximate surface area is 181 Å². The molecule has 0 bridgehead atoms. The number of hydrogen-bond acceptors (Lipinski definition) is 4. The van der Waals surface area contributed by atoms with E-state index in [2.05, 4.69) is 31.2 Å². The second-order valence-corrected chi connectivity index (χ2v) is 8.78. The lowest BCUT2D eigenvalue weighted by molar-refractivity contribution is 0.0955. The highest BCUT2D eigenvalue weighted by Gasteiger charge is 2.17. The fourth-order valence-corrected chi connectivity index (χ4v) is 4.11. The molecule has 0 saturated carbocycles. The quantitative estimate of drug-likeness (QED) is 0.387. The van der Waals surface area contributed by atoms with E-state index < -0.39 is 15.9 Å². The summed E-state index contributed by atoms with van der Waals surface area (Å²) in [5.74, 6) is -0.539. The van der Waals surface area contributed by atoms with Crippen molar-refractivity contribution in [2.75, 3.05) is 4.72 Å². The molecule has 3 aromatic carbocycles. The largest absolute Gasteiger partial charge is 0.278 e. The van der Waals surface area contributed by atoms with Gasteiger partial charge in [-0.2, -0.15) is 5.10 Å². The molecular weight excluding hydrogens is 478 g/mol. The number of benzene rings is 3. The number of nitrogens with zero attached hydrogens (tertiary/aromatic N) is 1. The summed E-state index contributed by atoms with van der Waals surface area (Å²) in [4.78, 5) is 12.3. The van der Waals surface area contributed by atoms with Gasteiger partial charge in [0.15, 0.2) is 0 Å². The van der Waals surface area contributed by atoms with Crippen LogP contribution in [0.1, 0.15) is 15.9 Å². The van der Waals surface area contributed by atoms with Gasteiger partial charge in [-0.1, -0.05) is 63.9 Å². The summed E-state index contributed by atoms with van der Waals surface area (Å²) in [6, 6.07) is 19.5. The second kappa shape index (κ2) is 9.21. The predicted octanol–water partition coefficient (Wildman–Crippen LogP) is 4.67. The molecule has 0 saturated heterocycles. The Morgan fingerprint density at radius 1 is 1.00 bits per heavy atom. The normalized spacial score (nSPS) is 11.4. The summed E-state index contributed by atoms with van der Waals surface area (Å²) in [6.45, 7) is 0. The molecule has 0 fully saturated rings. The minimum absolute atomic E-state index is 0.0696. The van der Waals surface area contributed by atoms with E-state index in [1.807, 2.05) is 24.3 Å². The molecular formula is C20H15BrClN3O3S. The lowest BCUT2D eigenvalue weighted by atomic mass is 10.2. The van der Waals surface area contributed by atoms with Crippen LogP contribution in [-0.4, -0.2) is 20.5 Å². The minimum atomic E-state index is -3.92. The van der Waals surface area contributed by atoms with Crippen LogP contribution in [0.3, 0.4) is 0 Å². The van der Waals surface area contributed by atoms with Crippen molar-refractivity contribution in [1.29, 1.82) is 0 Å². The van der Waals surface area contributed by atoms with Gasteiger partial charge in [-0.25, -0.2) is 13.8 Å². The van der Waals surface area contributed by atoms with Gasteiger partial charge in [0.05, 0.1) is 21.8 Å². The molecule has 148 valence electrons. The van der Waals surface area contributed by atoms with Gasteiger partial charge in [0.1, 0.15) is 0 Å². The van der Waals surface area contributed by atoms with Crippen LogP contribution in [0.2, 0.25) is 5.02 Å². The molecule has 0 atom stereocenters. The van der Waals surface area contributed by atoms with Crippen molar-refractivity contribution in [3.05, 3.63) is 93.4 Å². The summed E-state index contributed by atoms with van der Waals surface area (Å²) in [6.07, 6.45) is 1.49. The first-order valence-corrected chi connectivity index (χ1v) is 11.0. The topological polar surface area (TPSA) is 87.6 Å². The van der Waals surface area contributed by atoms with Crippen molar-refractivity contribution in [3.63, 3.8) is 0 Å². The van der Waals surface area contributed by atoms with Crippen molar-refractivity contribution < 1.29 is 13.2 Å². The first-order valence-electron chi connectivity index (χ1n) is 8.32. The van der Waals surface area contributed by atoms with E-state index in [0.717, 1.165) is 10.0 Å². The Morgan fingerprint density at radius 2 is 1.72 bits per heavy atom. The predicted molar refractivity (Wildman–Crippen MR) is 118 cm³/mol. The molecule has 29 heavy (non-hydrogen) atoms. The molecule has 6 nitrogen and oxygen atoms in total. The summed E-state index contributed by atoms with van der Waals surface area (Å²) < 4.78 is 28.5. The molecule has 0 heterocycles. The van der Waals surface area contributed by atoms with Crippen LogP contribution in [0.5, 0.6) is 0 Å². The molecule has 0 aliphatic rings. The molecule has 3 aromatic rings. The highest BCUT2D eigenvalue weighted by atomic mass is 79.9. The number of hydrogen-bond donors (Lipinski definition) is 2. The Balaban J connectivity index is 1.75. The minimum Gasteiger partial charge on any atom is -0.278 e. The highest BCUT2D eigenvalue weighted by Crippen LogP contribution is 2.24. The van der Waals surface area contributed by atoms with E-state index in [-0.39, 0.29) is 21.2 Å². The molecule has 0 unspecified atom stereocenters. The van der Waals surface area contributed by atoms with Crippen LogP contribution >= 0.6 is 27.5 Å². The van der Waals surface area contributed by atoms with Crippen molar-refractivity contribution in [2.24, 2.45) is 5.10 Å². The van der Waals surface area contributed by atoms with Gasteiger partial charge < -0.3 is 0 Å². The maximum Gasteiger partial charge on any atom is 0.271 e. The number of hydrazone groups is 1. The van der Waals surface area contributed by atoms with E-state index in [0.29, 0.717) is 0 Å². The number of halogens is 2. The van der Waals surface area contributed by atoms with Crippen molar-refractivity contribution in [3.8, 4) is 0 Å². The van der Waals surface area contributed by atoms with Crippen molar-refractivity contribution >= 4 is 55.4 Å². The first-order chi connectivity index (χ1) is 13.9. The molecule has 1 amide bonds. The van der Waals surface area contributed by atoms with Crippen molar-refractivity contribution in [1.82, 2.24) is 5.43 Å². The number of anilines is 1. The number of amides is 1. The lowest BCUT2D eigenvalue weighted by Crippen LogP contribution is -2.19. The summed E-state index contributed by atoms with van der Waals surface area (Å²) in [5.41, 5.74) is 3.57. The molecule has 9 heteroatoms. The smallest absolute Gasteiger partial charge is 0.271 e. The Kier molecular flexibility index (Phi) is 6.68. The zero-order valence-corrected chi connectivity index (χ0v) is 18.0. The molecule has 2 N–H and O–H groups in total. The number of sulfonamides is 1. The monoisotopic (exact) mass is 491 g/mol. The van der Waals surface area contributed by atoms with E-state index in [9.17, 15) is 13.2 Å². The third-order valence-corrected chi connectivity index (χ3v) is 6.21. The van der Waals surface area contributed by atoms with Crippen LogP contribution in [0, 0.1) is 0 Å². The van der Waals surface area contributed by atoms with E-state index in [1.54, 1.807) is 24.3 Å². The number of nitrogens with one attached hydrogen (secondary N) is 2. The highest BCUT2D eigenvalue weighted by molar-refractivity contribution is 9.10. The molecule has 0 aliphatic heterocycles. The molecule has 0 aromatic heterocycles. The summed E-state index contributed by atoms with van der Waals surface area (Å²) in [5, 5.41) is 4.18. The third-order valence-electron chi connectivity index (χ3n) is 3.80. The summed E-state index contributed by atoms with van der Waals surface area (Å²) >= 11 is 9.39. The Hall–Kier alpha value is -2.68. The van der Waals surface area contributed by atoms with Gasteiger partial charge in [0.25, 0.3) is 15.9 Å². The molecule has 0 radical (unpaired) electrons. The van der Waals surface area contributed by atoms with Gasteiger partial charge in [-0.3, -0.25) is 9.52 Å². The van der Waals surface area contributed by atoms with E-state index in [4.69, 9.17) is 11.6 Å². The standard InChI is InChI=1S/C20H15BrClN3O3S/c21-17-9-2-1-6-15(17)13-23-24-20(26)14-7-5-8-16(12-14)29(27,28)25-19-11-4-3-10-18(19)22/h1-13,25H,(H,24,26)/b23-13+.